The summed E-state index contributed by atoms with van der Waals surface area (Å²) in [4.78, 5) is 16.2. The van der Waals surface area contributed by atoms with Crippen LogP contribution in [0.3, 0.4) is 0 Å². The highest BCUT2D eigenvalue weighted by molar-refractivity contribution is 9.10. The summed E-state index contributed by atoms with van der Waals surface area (Å²) >= 11 is 3.24. The van der Waals surface area contributed by atoms with Gasteiger partial charge < -0.3 is 9.73 Å². The summed E-state index contributed by atoms with van der Waals surface area (Å²) in [6, 6.07) is 0. The van der Waals surface area contributed by atoms with Crippen LogP contribution in [0.5, 0.6) is 0 Å². The molecule has 2 aromatic heterocycles. The van der Waals surface area contributed by atoms with Crippen LogP contribution in [0.15, 0.2) is 19.9 Å². The molecule has 1 N–H and O–H groups in total. The largest absolute Gasteiger partial charge is 0.444 e. The van der Waals surface area contributed by atoms with Crippen LogP contribution in [0.1, 0.15) is 17.3 Å². The third kappa shape index (κ3) is 2.91. The first-order chi connectivity index (χ1) is 9.52. The molecule has 20 heavy (non-hydrogen) atoms. The van der Waals surface area contributed by atoms with Gasteiger partial charge in [-0.15, -0.1) is 6.42 Å². The molecule has 0 saturated carbocycles. The smallest absolute Gasteiger partial charge is 0.284 e. The van der Waals surface area contributed by atoms with E-state index in [1.807, 2.05) is 13.8 Å². The van der Waals surface area contributed by atoms with Gasteiger partial charge in [0.2, 0.25) is 5.89 Å². The van der Waals surface area contributed by atoms with Crippen molar-refractivity contribution < 1.29 is 4.42 Å². The molecule has 0 unspecified atom stereocenters. The highest BCUT2D eigenvalue weighted by Crippen LogP contribution is 2.17. The topological polar surface area (TPSA) is 73.0 Å². The summed E-state index contributed by atoms with van der Waals surface area (Å²) < 4.78 is 7.03. The van der Waals surface area contributed by atoms with Gasteiger partial charge in [-0.3, -0.25) is 4.79 Å². The molecule has 0 aliphatic carbocycles. The zero-order valence-corrected chi connectivity index (χ0v) is 12.7. The van der Waals surface area contributed by atoms with Crippen LogP contribution in [-0.2, 0) is 13.1 Å². The zero-order chi connectivity index (χ0) is 14.7. The lowest BCUT2D eigenvalue weighted by atomic mass is 10.4. The molecule has 0 atom stereocenters. The second-order valence-corrected chi connectivity index (χ2v) is 4.93. The predicted molar refractivity (Wildman–Crippen MR) is 78.3 cm³/mol. The zero-order valence-electron chi connectivity index (χ0n) is 11.1. The summed E-state index contributed by atoms with van der Waals surface area (Å²) in [5, 5.41) is 7.03. The minimum Gasteiger partial charge on any atom is -0.444 e. The van der Waals surface area contributed by atoms with Gasteiger partial charge in [-0.2, -0.15) is 5.10 Å². The van der Waals surface area contributed by atoms with Gasteiger partial charge in [0.05, 0.1) is 24.1 Å². The van der Waals surface area contributed by atoms with Crippen molar-refractivity contribution in [3.05, 3.63) is 38.4 Å². The Morgan fingerprint density at radius 3 is 2.90 bits per heavy atom. The lowest BCUT2D eigenvalue weighted by Crippen LogP contribution is -2.24. The van der Waals surface area contributed by atoms with Crippen LogP contribution in [0, 0.1) is 26.2 Å². The first-order valence-corrected chi connectivity index (χ1v) is 6.68. The van der Waals surface area contributed by atoms with Crippen molar-refractivity contribution >= 4 is 21.6 Å². The number of aryl methyl sites for hydroxylation is 2. The van der Waals surface area contributed by atoms with Crippen molar-refractivity contribution in [2.45, 2.75) is 26.9 Å². The number of anilines is 1. The first kappa shape index (κ1) is 14.3. The second kappa shape index (κ2) is 5.92. The molecule has 0 bridgehead atoms. The van der Waals surface area contributed by atoms with Gasteiger partial charge in [-0.05, 0) is 29.8 Å². The molecular formula is C13H13BrN4O2. The molecule has 0 aliphatic heterocycles. The molecule has 0 aromatic carbocycles. The molecule has 2 heterocycles. The fourth-order valence-corrected chi connectivity index (χ4v) is 2.02. The average molecular weight is 337 g/mol. The van der Waals surface area contributed by atoms with Gasteiger partial charge in [0, 0.05) is 0 Å². The van der Waals surface area contributed by atoms with Crippen molar-refractivity contribution in [2.24, 2.45) is 0 Å². The summed E-state index contributed by atoms with van der Waals surface area (Å²) in [7, 11) is 0. The Hall–Kier alpha value is -2.07. The predicted octanol–water partition coefficient (Wildman–Crippen LogP) is 1.86. The van der Waals surface area contributed by atoms with Crippen molar-refractivity contribution in [3.8, 4) is 12.3 Å². The number of halogens is 1. The van der Waals surface area contributed by atoms with Gasteiger partial charge in [0.15, 0.2) is 0 Å². The molecule has 7 heteroatoms. The number of aromatic nitrogens is 3. The first-order valence-electron chi connectivity index (χ1n) is 5.88. The molecule has 0 amide bonds. The number of terminal acetylenes is 1. The third-order valence-corrected chi connectivity index (χ3v) is 3.50. The molecule has 104 valence electrons. The van der Waals surface area contributed by atoms with E-state index in [4.69, 9.17) is 10.8 Å². The highest BCUT2D eigenvalue weighted by Gasteiger charge is 2.10. The maximum absolute atomic E-state index is 11.9. The second-order valence-electron chi connectivity index (χ2n) is 4.14. The minimum absolute atomic E-state index is 0.135. The Labute approximate surface area is 124 Å². The van der Waals surface area contributed by atoms with Crippen LogP contribution in [0.4, 0.5) is 5.69 Å². The van der Waals surface area contributed by atoms with Crippen molar-refractivity contribution in [1.82, 2.24) is 14.8 Å². The maximum atomic E-state index is 11.9. The number of oxazole rings is 1. The van der Waals surface area contributed by atoms with Gasteiger partial charge in [0.25, 0.3) is 5.56 Å². The molecule has 0 aliphatic rings. The molecule has 0 spiro atoms. The number of rotatable bonds is 4. The van der Waals surface area contributed by atoms with Crippen LogP contribution in [-0.4, -0.2) is 14.8 Å². The normalized spacial score (nSPS) is 10.3. The van der Waals surface area contributed by atoms with E-state index in [-0.39, 0.29) is 12.1 Å². The molecule has 0 saturated heterocycles. The van der Waals surface area contributed by atoms with Crippen molar-refractivity contribution in [3.63, 3.8) is 0 Å². The van der Waals surface area contributed by atoms with Crippen LogP contribution < -0.4 is 10.9 Å². The van der Waals surface area contributed by atoms with E-state index in [0.29, 0.717) is 22.6 Å². The average Bonchev–Trinajstić information content (AvgIpc) is 2.74. The number of nitrogens with zero attached hydrogens (tertiary/aromatic N) is 3. The van der Waals surface area contributed by atoms with E-state index in [1.165, 1.54) is 10.9 Å². The number of hydrogen-bond donors (Lipinski definition) is 1. The van der Waals surface area contributed by atoms with E-state index in [1.54, 1.807) is 0 Å². The molecule has 2 rings (SSSR count). The van der Waals surface area contributed by atoms with Crippen LogP contribution >= 0.6 is 15.9 Å². The summed E-state index contributed by atoms with van der Waals surface area (Å²) in [5.74, 6) is 3.71. The van der Waals surface area contributed by atoms with Gasteiger partial charge in [0.1, 0.15) is 16.8 Å². The monoisotopic (exact) mass is 336 g/mol. The molecular weight excluding hydrogens is 324 g/mol. The fourth-order valence-electron chi connectivity index (χ4n) is 1.57. The quantitative estimate of drug-likeness (QED) is 0.862. The molecule has 0 radical (unpaired) electrons. The third-order valence-electron chi connectivity index (χ3n) is 2.73. The fraction of sp³-hybridized carbons (Fsp3) is 0.308. The maximum Gasteiger partial charge on any atom is 0.284 e. The van der Waals surface area contributed by atoms with Crippen molar-refractivity contribution in [2.75, 3.05) is 5.32 Å². The van der Waals surface area contributed by atoms with E-state index < -0.39 is 0 Å². The Bertz CT molecular complexity index is 707. The minimum atomic E-state index is -0.285. The van der Waals surface area contributed by atoms with E-state index in [0.717, 1.165) is 11.5 Å². The standard InChI is InChI=1S/C13H13BrN4O2/c1-4-5-18-13(19)12(14)10(6-16-18)15-7-11-17-8(2)9(3)20-11/h1,6,15H,5,7H2,2-3H3. The molecule has 2 aromatic rings. The van der Waals surface area contributed by atoms with Gasteiger partial charge >= 0.3 is 0 Å². The SMILES string of the molecule is C#CCn1ncc(NCc2nc(C)c(C)o2)c(Br)c1=O. The Morgan fingerprint density at radius 1 is 1.55 bits per heavy atom. The van der Waals surface area contributed by atoms with Crippen LogP contribution in [0.25, 0.3) is 0 Å². The highest BCUT2D eigenvalue weighted by atomic mass is 79.9. The Morgan fingerprint density at radius 2 is 2.30 bits per heavy atom. The van der Waals surface area contributed by atoms with Gasteiger partial charge in [-0.25, -0.2) is 9.67 Å². The lowest BCUT2D eigenvalue weighted by Gasteiger charge is -2.07. The van der Waals surface area contributed by atoms with Crippen LogP contribution in [0.2, 0.25) is 0 Å². The van der Waals surface area contributed by atoms with E-state index in [2.05, 4.69) is 37.2 Å². The lowest BCUT2D eigenvalue weighted by molar-refractivity contribution is 0.478. The summed E-state index contributed by atoms with van der Waals surface area (Å²) in [5.41, 5.74) is 1.13. The van der Waals surface area contributed by atoms with Gasteiger partial charge in [-0.1, -0.05) is 5.92 Å². The Balaban J connectivity index is 2.16. The van der Waals surface area contributed by atoms with Crippen molar-refractivity contribution in [1.29, 1.82) is 0 Å². The van der Waals surface area contributed by atoms with E-state index >= 15 is 0 Å². The number of hydrogen-bond acceptors (Lipinski definition) is 5. The number of nitrogens with one attached hydrogen (secondary N) is 1. The summed E-state index contributed by atoms with van der Waals surface area (Å²) in [6.07, 6.45) is 6.70. The molecule has 0 fully saturated rings. The van der Waals surface area contributed by atoms with E-state index in [9.17, 15) is 4.79 Å². The molecule has 6 nitrogen and oxygen atoms in total. The Kier molecular flexibility index (Phi) is 4.25. The summed E-state index contributed by atoms with van der Waals surface area (Å²) in [6.45, 7) is 4.23.